The van der Waals surface area contributed by atoms with Crippen LogP contribution in [0.25, 0.3) is 0 Å². The van der Waals surface area contributed by atoms with Crippen LogP contribution in [0.4, 0.5) is 0 Å². The molecule has 0 radical (unpaired) electrons. The normalized spacial score (nSPS) is 11.7. The van der Waals surface area contributed by atoms with Crippen molar-refractivity contribution in [1.29, 1.82) is 0 Å². The molecule has 1 atom stereocenters. The Kier molecular flexibility index (Phi) is 7.86. The number of nitrogens with one attached hydrogen (secondary N) is 1. The highest BCUT2D eigenvalue weighted by Crippen LogP contribution is 2.22. The maximum absolute atomic E-state index is 12.6. The molecule has 0 saturated carbocycles. The molecule has 0 aliphatic rings. The van der Waals surface area contributed by atoms with Gasteiger partial charge in [0.2, 0.25) is 0 Å². The molecule has 1 aromatic heterocycles. The first-order valence-corrected chi connectivity index (χ1v) is 11.5. The maximum atomic E-state index is 12.6. The Bertz CT molecular complexity index is 1050. The predicted molar refractivity (Wildman–Crippen MR) is 124 cm³/mol. The zero-order valence-electron chi connectivity index (χ0n) is 17.5. The monoisotopic (exact) mass is 502 g/mol. The Morgan fingerprint density at radius 3 is 2.35 bits per heavy atom. The molecule has 0 unspecified atom stereocenters. The van der Waals surface area contributed by atoms with Crippen LogP contribution in [0.1, 0.15) is 46.4 Å². The first-order chi connectivity index (χ1) is 14.9. The van der Waals surface area contributed by atoms with Gasteiger partial charge in [0.15, 0.2) is 16.8 Å². The van der Waals surface area contributed by atoms with Crippen LogP contribution in [0.5, 0.6) is 5.75 Å². The molecule has 2 aromatic carbocycles. The minimum atomic E-state index is -0.349. The quantitative estimate of drug-likeness (QED) is 0.341. The Labute approximate surface area is 193 Å². The third-order valence-corrected chi connectivity index (χ3v) is 6.14. The number of carbonyl (C=O) groups is 2. The molecule has 9 heteroatoms. The van der Waals surface area contributed by atoms with Crippen molar-refractivity contribution in [3.05, 3.63) is 70.0 Å². The number of benzene rings is 2. The van der Waals surface area contributed by atoms with Crippen molar-refractivity contribution >= 4 is 39.4 Å². The van der Waals surface area contributed by atoms with Crippen molar-refractivity contribution in [3.63, 3.8) is 0 Å². The molecule has 0 spiro atoms. The Hall–Kier alpha value is -2.65. The van der Waals surface area contributed by atoms with E-state index >= 15 is 0 Å². The number of hydrogen-bond acceptors (Lipinski definition) is 6. The number of carbonyl (C=O) groups excluding carboxylic acids is 2. The van der Waals surface area contributed by atoms with Gasteiger partial charge in [-0.25, -0.2) is 0 Å². The third-order valence-electron chi connectivity index (χ3n) is 4.65. The van der Waals surface area contributed by atoms with E-state index in [-0.39, 0.29) is 23.5 Å². The van der Waals surface area contributed by atoms with Crippen molar-refractivity contribution in [1.82, 2.24) is 20.1 Å². The molecule has 1 N–H and O–H groups in total. The van der Waals surface area contributed by atoms with Gasteiger partial charge < -0.3 is 14.6 Å². The number of ketones is 1. The zero-order chi connectivity index (χ0) is 22.4. The van der Waals surface area contributed by atoms with Crippen molar-refractivity contribution in [3.8, 4) is 5.75 Å². The van der Waals surface area contributed by atoms with E-state index in [1.807, 2.05) is 30.5 Å². The second-order valence-electron chi connectivity index (χ2n) is 6.73. The van der Waals surface area contributed by atoms with Gasteiger partial charge in [0, 0.05) is 22.1 Å². The second-order valence-corrected chi connectivity index (χ2v) is 8.59. The van der Waals surface area contributed by atoms with Crippen molar-refractivity contribution in [2.75, 3.05) is 12.9 Å². The van der Waals surface area contributed by atoms with E-state index in [1.54, 1.807) is 43.5 Å². The zero-order valence-corrected chi connectivity index (χ0v) is 19.9. The van der Waals surface area contributed by atoms with Crippen LogP contribution in [-0.4, -0.2) is 39.3 Å². The van der Waals surface area contributed by atoms with Gasteiger partial charge >= 0.3 is 0 Å². The first-order valence-electron chi connectivity index (χ1n) is 9.72. The summed E-state index contributed by atoms with van der Waals surface area (Å²) in [7, 11) is 1.58. The molecular weight excluding hydrogens is 480 g/mol. The number of nitrogens with zero attached hydrogens (tertiary/aromatic N) is 3. The number of thioether (sulfide) groups is 1. The highest BCUT2D eigenvalue weighted by molar-refractivity contribution is 9.10. The molecule has 1 heterocycles. The Balaban J connectivity index is 1.66. The second kappa shape index (κ2) is 10.6. The fourth-order valence-corrected chi connectivity index (χ4v) is 4.13. The van der Waals surface area contributed by atoms with E-state index < -0.39 is 0 Å². The summed E-state index contributed by atoms with van der Waals surface area (Å²) in [5.74, 6) is 1.40. The lowest BCUT2D eigenvalue weighted by Gasteiger charge is -2.15. The summed E-state index contributed by atoms with van der Waals surface area (Å²) in [6.07, 6.45) is 0. The van der Waals surface area contributed by atoms with Gasteiger partial charge in [0.25, 0.3) is 5.91 Å². The van der Waals surface area contributed by atoms with Crippen LogP contribution >= 0.6 is 27.7 Å². The first kappa shape index (κ1) is 23.0. The molecule has 3 aromatic rings. The van der Waals surface area contributed by atoms with E-state index in [0.29, 0.717) is 34.4 Å². The van der Waals surface area contributed by atoms with Crippen molar-refractivity contribution in [2.45, 2.75) is 31.6 Å². The highest BCUT2D eigenvalue weighted by atomic mass is 79.9. The number of hydrogen-bond donors (Lipinski definition) is 1. The molecular formula is C22H23BrN4O3S. The van der Waals surface area contributed by atoms with Gasteiger partial charge in [0.1, 0.15) is 5.75 Å². The number of rotatable bonds is 9. The van der Waals surface area contributed by atoms with Gasteiger partial charge in [-0.05, 0) is 50.2 Å². The van der Waals surface area contributed by atoms with Gasteiger partial charge in [-0.2, -0.15) is 0 Å². The lowest BCUT2D eigenvalue weighted by atomic mass is 10.2. The lowest BCUT2D eigenvalue weighted by molar-refractivity contribution is 0.0936. The van der Waals surface area contributed by atoms with Crippen molar-refractivity contribution in [2.24, 2.45) is 0 Å². The number of methoxy groups -OCH3 is 1. The van der Waals surface area contributed by atoms with Crippen LogP contribution in [0.3, 0.4) is 0 Å². The van der Waals surface area contributed by atoms with Crippen LogP contribution in [-0.2, 0) is 6.54 Å². The standard InChI is InChI=1S/C22H23BrN4O3S/c1-4-27-20(14(2)24-21(29)16-7-11-18(30-3)12-8-16)25-26-22(27)31-13-19(28)15-5-9-17(23)10-6-15/h5-12,14H,4,13H2,1-3H3,(H,24,29)/t14-/m0/s1. The van der Waals surface area contributed by atoms with Crippen LogP contribution in [0.2, 0.25) is 0 Å². The molecule has 1 amide bonds. The highest BCUT2D eigenvalue weighted by Gasteiger charge is 2.20. The number of amides is 1. The van der Waals surface area contributed by atoms with Crippen LogP contribution in [0.15, 0.2) is 58.2 Å². The van der Waals surface area contributed by atoms with Gasteiger partial charge in [-0.15, -0.1) is 10.2 Å². The molecule has 0 saturated heterocycles. The number of halogens is 1. The lowest BCUT2D eigenvalue weighted by Crippen LogP contribution is -2.28. The summed E-state index contributed by atoms with van der Waals surface area (Å²) < 4.78 is 7.97. The molecule has 31 heavy (non-hydrogen) atoms. The average Bonchev–Trinajstić information content (AvgIpc) is 3.21. The molecule has 7 nitrogen and oxygen atoms in total. The van der Waals surface area contributed by atoms with E-state index in [4.69, 9.17) is 4.74 Å². The minimum Gasteiger partial charge on any atom is -0.497 e. The number of aromatic nitrogens is 3. The molecule has 162 valence electrons. The molecule has 0 fully saturated rings. The van der Waals surface area contributed by atoms with E-state index in [1.165, 1.54) is 11.8 Å². The summed E-state index contributed by atoms with van der Waals surface area (Å²) in [4.78, 5) is 25.0. The number of ether oxygens (including phenoxy) is 1. The van der Waals surface area contributed by atoms with E-state index in [2.05, 4.69) is 31.4 Å². The fraction of sp³-hybridized carbons (Fsp3) is 0.273. The van der Waals surface area contributed by atoms with Gasteiger partial charge in [-0.3, -0.25) is 9.59 Å². The predicted octanol–water partition coefficient (Wildman–Crippen LogP) is 4.54. The number of Topliss-reactive ketones (excluding diaryl/α,β-unsaturated/α-hetero) is 1. The fourth-order valence-electron chi connectivity index (χ4n) is 2.96. The summed E-state index contributed by atoms with van der Waals surface area (Å²) in [5.41, 5.74) is 1.18. The van der Waals surface area contributed by atoms with E-state index in [9.17, 15) is 9.59 Å². The largest absolute Gasteiger partial charge is 0.497 e. The van der Waals surface area contributed by atoms with Crippen LogP contribution < -0.4 is 10.1 Å². The SMILES string of the molecule is CCn1c(SCC(=O)c2ccc(Br)cc2)nnc1[C@H](C)NC(=O)c1ccc(OC)cc1. The summed E-state index contributed by atoms with van der Waals surface area (Å²) in [6, 6.07) is 13.8. The minimum absolute atomic E-state index is 0.0190. The molecule has 0 aliphatic carbocycles. The molecule has 0 aliphatic heterocycles. The third kappa shape index (κ3) is 5.74. The summed E-state index contributed by atoms with van der Waals surface area (Å²) in [6.45, 7) is 4.46. The van der Waals surface area contributed by atoms with Crippen molar-refractivity contribution < 1.29 is 14.3 Å². The maximum Gasteiger partial charge on any atom is 0.251 e. The van der Waals surface area contributed by atoms with Gasteiger partial charge in [0.05, 0.1) is 18.9 Å². The Morgan fingerprint density at radius 1 is 1.10 bits per heavy atom. The summed E-state index contributed by atoms with van der Waals surface area (Å²) in [5, 5.41) is 12.1. The molecule has 3 rings (SSSR count). The van der Waals surface area contributed by atoms with E-state index in [0.717, 1.165) is 4.47 Å². The van der Waals surface area contributed by atoms with Crippen LogP contribution in [0, 0.1) is 0 Å². The topological polar surface area (TPSA) is 86.1 Å². The Morgan fingerprint density at radius 2 is 1.74 bits per heavy atom. The summed E-state index contributed by atoms with van der Waals surface area (Å²) >= 11 is 4.71. The molecule has 0 bridgehead atoms. The van der Waals surface area contributed by atoms with Gasteiger partial charge in [-0.1, -0.05) is 39.8 Å². The average molecular weight is 503 g/mol. The smallest absolute Gasteiger partial charge is 0.251 e.